The minimum Gasteiger partial charge on any atom is -0.381 e. The molecule has 9 heteroatoms. The predicted octanol–water partition coefficient (Wildman–Crippen LogP) is -1.11. The van der Waals surface area contributed by atoms with Crippen LogP contribution in [0.5, 0.6) is 0 Å². The minimum atomic E-state index is -3.67. The van der Waals surface area contributed by atoms with Gasteiger partial charge in [0.1, 0.15) is 0 Å². The van der Waals surface area contributed by atoms with E-state index in [1.165, 1.54) is 15.2 Å². The number of aromatic nitrogens is 2. The molecule has 0 aliphatic carbocycles. The van der Waals surface area contributed by atoms with E-state index in [1.54, 1.807) is 7.05 Å². The number of hydrogen-bond donors (Lipinski definition) is 2. The molecule has 4 N–H and O–H groups in total. The quantitative estimate of drug-likeness (QED) is 0.729. The third-order valence-electron chi connectivity index (χ3n) is 3.35. The van der Waals surface area contributed by atoms with Crippen LogP contribution in [-0.4, -0.2) is 41.3 Å². The zero-order chi connectivity index (χ0) is 14.2. The average Bonchev–Trinajstić information content (AvgIpc) is 2.69. The molecule has 0 saturated carbocycles. The molecule has 0 aromatic carbocycles. The van der Waals surface area contributed by atoms with Crippen LogP contribution >= 0.6 is 0 Å². The summed E-state index contributed by atoms with van der Waals surface area (Å²) in [4.78, 5) is 14.8. The van der Waals surface area contributed by atoms with Crippen LogP contribution in [0.3, 0.4) is 0 Å². The largest absolute Gasteiger partial charge is 0.381 e. The Morgan fingerprint density at radius 3 is 2.42 bits per heavy atom. The first-order chi connectivity index (χ1) is 8.84. The SMILES string of the molecule is Cn1cnc(N)c1S(=O)(=O)N1CCC(C(N)=O)CC1. The Balaban J connectivity index is 2.21. The van der Waals surface area contributed by atoms with Crippen LogP contribution in [0.25, 0.3) is 0 Å². The predicted molar refractivity (Wildman–Crippen MR) is 68.3 cm³/mol. The van der Waals surface area contributed by atoms with E-state index in [9.17, 15) is 13.2 Å². The summed E-state index contributed by atoms with van der Waals surface area (Å²) in [5, 5.41) is -0.00924. The van der Waals surface area contributed by atoms with E-state index in [4.69, 9.17) is 11.5 Å². The number of primary amides is 1. The van der Waals surface area contributed by atoms with E-state index >= 15 is 0 Å². The summed E-state index contributed by atoms with van der Waals surface area (Å²) in [6, 6.07) is 0. The van der Waals surface area contributed by atoms with Crippen molar-refractivity contribution in [1.29, 1.82) is 0 Å². The second-order valence-electron chi connectivity index (χ2n) is 4.63. The Bertz CT molecular complexity index is 567. The second-order valence-corrected chi connectivity index (χ2v) is 6.48. The molecule has 1 fully saturated rings. The molecule has 1 amide bonds. The van der Waals surface area contributed by atoms with Crippen LogP contribution in [0.1, 0.15) is 12.8 Å². The topological polar surface area (TPSA) is 124 Å². The summed E-state index contributed by atoms with van der Waals surface area (Å²) in [6.45, 7) is 0.529. The van der Waals surface area contributed by atoms with Gasteiger partial charge in [-0.3, -0.25) is 4.79 Å². The van der Waals surface area contributed by atoms with Gasteiger partial charge in [-0.15, -0.1) is 0 Å². The molecule has 1 aromatic heterocycles. The molecule has 0 spiro atoms. The Hall–Kier alpha value is -1.61. The highest BCUT2D eigenvalue weighted by molar-refractivity contribution is 7.89. The molecule has 2 rings (SSSR count). The van der Waals surface area contributed by atoms with Crippen molar-refractivity contribution in [1.82, 2.24) is 13.9 Å². The van der Waals surface area contributed by atoms with Gasteiger partial charge in [0.2, 0.25) is 5.91 Å². The van der Waals surface area contributed by atoms with Crippen LogP contribution in [0, 0.1) is 5.92 Å². The van der Waals surface area contributed by atoms with Gasteiger partial charge in [-0.2, -0.15) is 4.31 Å². The number of hydrogen-bond acceptors (Lipinski definition) is 5. The molecule has 1 aromatic rings. The van der Waals surface area contributed by atoms with E-state index < -0.39 is 10.0 Å². The van der Waals surface area contributed by atoms with Gasteiger partial charge in [-0.25, -0.2) is 13.4 Å². The van der Waals surface area contributed by atoms with Crippen molar-refractivity contribution in [3.8, 4) is 0 Å². The van der Waals surface area contributed by atoms with E-state index in [0.717, 1.165) is 0 Å². The summed E-state index contributed by atoms with van der Waals surface area (Å²) in [7, 11) is -2.10. The average molecular weight is 287 g/mol. The number of amides is 1. The van der Waals surface area contributed by atoms with Crippen molar-refractivity contribution < 1.29 is 13.2 Å². The maximum atomic E-state index is 12.4. The third-order valence-corrected chi connectivity index (χ3v) is 5.38. The molecule has 0 atom stereocenters. The molecule has 0 bridgehead atoms. The second kappa shape index (κ2) is 4.82. The molecule has 1 saturated heterocycles. The lowest BCUT2D eigenvalue weighted by molar-refractivity contribution is -0.122. The van der Waals surface area contributed by atoms with Crippen molar-refractivity contribution in [2.45, 2.75) is 17.9 Å². The molecule has 1 aliphatic heterocycles. The molecule has 8 nitrogen and oxygen atoms in total. The normalized spacial score (nSPS) is 18.6. The maximum absolute atomic E-state index is 12.4. The number of piperidine rings is 1. The van der Waals surface area contributed by atoms with Gasteiger partial charge in [0.15, 0.2) is 10.8 Å². The monoisotopic (exact) mass is 287 g/mol. The molecule has 1 aliphatic rings. The van der Waals surface area contributed by atoms with Crippen molar-refractivity contribution >= 4 is 21.7 Å². The van der Waals surface area contributed by atoms with Gasteiger partial charge in [-0.1, -0.05) is 0 Å². The highest BCUT2D eigenvalue weighted by Crippen LogP contribution is 2.25. The zero-order valence-electron chi connectivity index (χ0n) is 10.6. The van der Waals surface area contributed by atoms with Crippen LogP contribution < -0.4 is 11.5 Å². The minimum absolute atomic E-state index is 0.00924. The number of nitrogen functional groups attached to an aromatic ring is 1. The van der Waals surface area contributed by atoms with Crippen LogP contribution in [0.2, 0.25) is 0 Å². The van der Waals surface area contributed by atoms with Crippen molar-refractivity contribution in [3.63, 3.8) is 0 Å². The number of carbonyl (C=O) groups excluding carboxylic acids is 1. The highest BCUT2D eigenvalue weighted by atomic mass is 32.2. The first kappa shape index (κ1) is 13.8. The maximum Gasteiger partial charge on any atom is 0.262 e. The fraction of sp³-hybridized carbons (Fsp3) is 0.600. The van der Waals surface area contributed by atoms with Gasteiger partial charge in [0.05, 0.1) is 6.33 Å². The number of nitrogens with two attached hydrogens (primary N) is 2. The Morgan fingerprint density at radius 2 is 2.00 bits per heavy atom. The molecule has 19 heavy (non-hydrogen) atoms. The zero-order valence-corrected chi connectivity index (χ0v) is 11.4. The van der Waals surface area contributed by atoms with Gasteiger partial charge in [0, 0.05) is 26.1 Å². The number of sulfonamides is 1. The van der Waals surface area contributed by atoms with Gasteiger partial charge >= 0.3 is 0 Å². The summed E-state index contributed by atoms with van der Waals surface area (Å²) in [5.74, 6) is -0.646. The summed E-state index contributed by atoms with van der Waals surface area (Å²) in [6.07, 6.45) is 2.23. The van der Waals surface area contributed by atoms with E-state index in [2.05, 4.69) is 4.98 Å². The number of rotatable bonds is 3. The van der Waals surface area contributed by atoms with Gasteiger partial charge in [0.25, 0.3) is 10.0 Å². The van der Waals surface area contributed by atoms with Gasteiger partial charge < -0.3 is 16.0 Å². The lowest BCUT2D eigenvalue weighted by Gasteiger charge is -2.29. The summed E-state index contributed by atoms with van der Waals surface area (Å²) in [5.41, 5.74) is 10.8. The fourth-order valence-corrected chi connectivity index (χ4v) is 3.92. The smallest absolute Gasteiger partial charge is 0.262 e. The van der Waals surface area contributed by atoms with E-state index in [1.807, 2.05) is 0 Å². The number of imidazole rings is 1. The van der Waals surface area contributed by atoms with Crippen molar-refractivity contribution in [3.05, 3.63) is 6.33 Å². The standard InChI is InChI=1S/C10H17N5O3S/c1-14-6-13-8(11)10(14)19(17,18)15-4-2-7(3-5-15)9(12)16/h6-7H,2-5,11H2,1H3,(H2,12,16). The molecule has 106 valence electrons. The molecular formula is C10H17N5O3S. The molecular weight excluding hydrogens is 270 g/mol. The Kier molecular flexibility index (Phi) is 3.50. The van der Waals surface area contributed by atoms with Crippen molar-refractivity contribution in [2.24, 2.45) is 18.7 Å². The van der Waals surface area contributed by atoms with E-state index in [0.29, 0.717) is 12.8 Å². The Morgan fingerprint density at radius 1 is 1.42 bits per heavy atom. The number of anilines is 1. The molecule has 0 radical (unpaired) electrons. The van der Waals surface area contributed by atoms with E-state index in [-0.39, 0.29) is 35.8 Å². The van der Waals surface area contributed by atoms with Crippen molar-refractivity contribution in [2.75, 3.05) is 18.8 Å². The summed E-state index contributed by atoms with van der Waals surface area (Å²) < 4.78 is 27.6. The highest BCUT2D eigenvalue weighted by Gasteiger charge is 2.34. The van der Waals surface area contributed by atoms with Crippen LogP contribution in [-0.2, 0) is 21.9 Å². The van der Waals surface area contributed by atoms with Crippen LogP contribution in [0.15, 0.2) is 11.4 Å². The number of aryl methyl sites for hydroxylation is 1. The third kappa shape index (κ3) is 2.43. The molecule has 2 heterocycles. The number of carbonyl (C=O) groups is 1. The van der Waals surface area contributed by atoms with Gasteiger partial charge in [-0.05, 0) is 12.8 Å². The molecule has 0 unspecified atom stereocenters. The first-order valence-electron chi connectivity index (χ1n) is 5.90. The number of nitrogens with zero attached hydrogens (tertiary/aromatic N) is 3. The lowest BCUT2D eigenvalue weighted by Crippen LogP contribution is -2.42. The Labute approximate surface area is 111 Å². The fourth-order valence-electron chi connectivity index (χ4n) is 2.25. The lowest BCUT2D eigenvalue weighted by atomic mass is 9.98. The first-order valence-corrected chi connectivity index (χ1v) is 7.34. The van der Waals surface area contributed by atoms with Crippen LogP contribution in [0.4, 0.5) is 5.82 Å². The summed E-state index contributed by atoms with van der Waals surface area (Å²) >= 11 is 0.